The second-order valence-electron chi connectivity index (χ2n) is 6.27. The quantitative estimate of drug-likeness (QED) is 0.627. The van der Waals surface area contributed by atoms with Crippen molar-refractivity contribution in [3.05, 3.63) is 65.0 Å². The fourth-order valence-corrected chi connectivity index (χ4v) is 2.70. The third-order valence-electron chi connectivity index (χ3n) is 4.10. The molecule has 3 aromatic rings. The Bertz CT molecular complexity index is 905. The molecule has 0 radical (unpaired) electrons. The molecule has 0 aliphatic rings. The fraction of sp³-hybridized carbons (Fsp3) is 0.250. The Kier molecular flexibility index (Phi) is 5.76. The molecule has 0 atom stereocenters. The van der Waals surface area contributed by atoms with Crippen LogP contribution < -0.4 is 4.74 Å². The van der Waals surface area contributed by atoms with Gasteiger partial charge in [-0.15, -0.1) is 0 Å². The topological polar surface area (TPSA) is 68.5 Å². The Labute approximate surface area is 162 Å². The highest BCUT2D eigenvalue weighted by Gasteiger charge is 2.22. The van der Waals surface area contributed by atoms with E-state index in [4.69, 9.17) is 20.9 Å². The van der Waals surface area contributed by atoms with Crippen LogP contribution in [0.3, 0.4) is 0 Å². The van der Waals surface area contributed by atoms with Crippen molar-refractivity contribution < 1.29 is 14.1 Å². The Morgan fingerprint density at radius 3 is 2.41 bits per heavy atom. The van der Waals surface area contributed by atoms with Gasteiger partial charge in [-0.3, -0.25) is 4.79 Å². The molecule has 3 rings (SSSR count). The number of aromatic nitrogens is 2. The van der Waals surface area contributed by atoms with E-state index in [0.29, 0.717) is 22.3 Å². The van der Waals surface area contributed by atoms with Crippen molar-refractivity contribution >= 4 is 17.5 Å². The predicted octanol–water partition coefficient (Wildman–Crippen LogP) is 4.45. The van der Waals surface area contributed by atoms with E-state index in [0.717, 1.165) is 11.3 Å². The second-order valence-corrected chi connectivity index (χ2v) is 6.71. The zero-order valence-corrected chi connectivity index (χ0v) is 16.1. The number of carbonyl (C=O) groups is 1. The van der Waals surface area contributed by atoms with Gasteiger partial charge in [0.05, 0.1) is 7.11 Å². The number of ether oxygens (including phenoxy) is 1. The molecular formula is C20H20ClN3O3. The number of hydrogen-bond donors (Lipinski definition) is 0. The highest BCUT2D eigenvalue weighted by Crippen LogP contribution is 2.21. The fourth-order valence-electron chi connectivity index (χ4n) is 2.57. The maximum atomic E-state index is 12.8. The monoisotopic (exact) mass is 385 g/mol. The number of carbonyl (C=O) groups excluding carboxylic acids is 1. The number of rotatable bonds is 6. The maximum Gasteiger partial charge on any atom is 0.254 e. The summed E-state index contributed by atoms with van der Waals surface area (Å²) in [6.07, 6.45) is 0. The first-order chi connectivity index (χ1) is 13.0. The van der Waals surface area contributed by atoms with E-state index >= 15 is 0 Å². The number of halogens is 1. The van der Waals surface area contributed by atoms with Crippen molar-refractivity contribution in [2.75, 3.05) is 7.11 Å². The highest BCUT2D eigenvalue weighted by atomic mass is 35.5. The molecule has 2 aromatic carbocycles. The minimum Gasteiger partial charge on any atom is -0.497 e. The zero-order chi connectivity index (χ0) is 19.4. The lowest BCUT2D eigenvalue weighted by molar-refractivity contribution is 0.0667. The minimum absolute atomic E-state index is 0.0375. The van der Waals surface area contributed by atoms with E-state index in [9.17, 15) is 4.79 Å². The van der Waals surface area contributed by atoms with Crippen molar-refractivity contribution in [1.82, 2.24) is 15.0 Å². The molecule has 27 heavy (non-hydrogen) atoms. The second kappa shape index (κ2) is 8.22. The van der Waals surface area contributed by atoms with Gasteiger partial charge in [-0.2, -0.15) is 4.98 Å². The molecule has 1 heterocycles. The highest BCUT2D eigenvalue weighted by molar-refractivity contribution is 6.30. The Balaban J connectivity index is 1.78. The molecule has 1 amide bonds. The van der Waals surface area contributed by atoms with Crippen LogP contribution in [0.2, 0.25) is 5.02 Å². The van der Waals surface area contributed by atoms with Crippen molar-refractivity contribution in [3.8, 4) is 17.1 Å². The van der Waals surface area contributed by atoms with E-state index in [-0.39, 0.29) is 18.5 Å². The van der Waals surface area contributed by atoms with Crippen LogP contribution in [0.1, 0.15) is 30.1 Å². The standard InChI is InChI=1S/C20H20ClN3O3/c1-13(2)24(20(25)15-4-8-16(21)9-5-15)12-18-22-19(23-27-18)14-6-10-17(26-3)11-7-14/h4-11,13H,12H2,1-3H3. The summed E-state index contributed by atoms with van der Waals surface area (Å²) >= 11 is 5.90. The molecule has 0 saturated heterocycles. The third kappa shape index (κ3) is 4.46. The largest absolute Gasteiger partial charge is 0.497 e. The lowest BCUT2D eigenvalue weighted by Crippen LogP contribution is -2.36. The lowest BCUT2D eigenvalue weighted by atomic mass is 10.1. The van der Waals surface area contributed by atoms with Gasteiger partial charge in [0.25, 0.3) is 5.91 Å². The van der Waals surface area contributed by atoms with Crippen LogP contribution in [0.4, 0.5) is 0 Å². The van der Waals surface area contributed by atoms with Gasteiger partial charge < -0.3 is 14.2 Å². The summed E-state index contributed by atoms with van der Waals surface area (Å²) in [6.45, 7) is 4.10. The summed E-state index contributed by atoms with van der Waals surface area (Å²) in [5, 5.41) is 4.60. The Hall–Kier alpha value is -2.86. The molecule has 0 spiro atoms. The van der Waals surface area contributed by atoms with Gasteiger partial charge in [0.2, 0.25) is 11.7 Å². The van der Waals surface area contributed by atoms with Gasteiger partial charge in [0.15, 0.2) is 0 Å². The molecule has 0 aliphatic carbocycles. The first kappa shape index (κ1) is 18.9. The molecule has 6 nitrogen and oxygen atoms in total. The molecule has 0 saturated carbocycles. The van der Waals surface area contributed by atoms with Gasteiger partial charge in [-0.25, -0.2) is 0 Å². The van der Waals surface area contributed by atoms with Crippen molar-refractivity contribution in [2.24, 2.45) is 0 Å². The van der Waals surface area contributed by atoms with Crippen LogP contribution >= 0.6 is 11.6 Å². The van der Waals surface area contributed by atoms with E-state index in [1.807, 2.05) is 38.1 Å². The summed E-state index contributed by atoms with van der Waals surface area (Å²) < 4.78 is 10.5. The van der Waals surface area contributed by atoms with Gasteiger partial charge >= 0.3 is 0 Å². The van der Waals surface area contributed by atoms with Crippen molar-refractivity contribution in [1.29, 1.82) is 0 Å². The van der Waals surface area contributed by atoms with E-state index < -0.39 is 0 Å². The van der Waals surface area contributed by atoms with Crippen LogP contribution in [-0.4, -0.2) is 34.1 Å². The van der Waals surface area contributed by atoms with E-state index in [1.54, 1.807) is 36.3 Å². The number of hydrogen-bond acceptors (Lipinski definition) is 5. The Morgan fingerprint density at radius 2 is 1.81 bits per heavy atom. The minimum atomic E-state index is -0.120. The number of benzene rings is 2. The van der Waals surface area contributed by atoms with Gasteiger partial charge in [-0.1, -0.05) is 16.8 Å². The summed E-state index contributed by atoms with van der Waals surface area (Å²) in [7, 11) is 1.61. The number of methoxy groups -OCH3 is 1. The summed E-state index contributed by atoms with van der Waals surface area (Å²) in [5.74, 6) is 1.47. The smallest absolute Gasteiger partial charge is 0.254 e. The van der Waals surface area contributed by atoms with Crippen molar-refractivity contribution in [3.63, 3.8) is 0 Å². The summed E-state index contributed by atoms with van der Waals surface area (Å²) in [4.78, 5) is 18.9. The molecule has 1 aromatic heterocycles. The average molecular weight is 386 g/mol. The van der Waals surface area contributed by atoms with Crippen LogP contribution in [0.5, 0.6) is 5.75 Å². The van der Waals surface area contributed by atoms with Crippen LogP contribution in [0, 0.1) is 0 Å². The van der Waals surface area contributed by atoms with Gasteiger partial charge in [-0.05, 0) is 62.4 Å². The molecule has 0 N–H and O–H groups in total. The SMILES string of the molecule is COc1ccc(-c2noc(CN(C(=O)c3ccc(Cl)cc3)C(C)C)n2)cc1. The summed E-state index contributed by atoms with van der Waals surface area (Å²) in [5.41, 5.74) is 1.37. The van der Waals surface area contributed by atoms with Gasteiger partial charge in [0.1, 0.15) is 12.3 Å². The van der Waals surface area contributed by atoms with E-state index in [1.165, 1.54) is 0 Å². The summed E-state index contributed by atoms with van der Waals surface area (Å²) in [6, 6.07) is 14.1. The van der Waals surface area contributed by atoms with Crippen molar-refractivity contribution in [2.45, 2.75) is 26.4 Å². The first-order valence-electron chi connectivity index (χ1n) is 8.51. The molecule has 0 bridgehead atoms. The Morgan fingerprint density at radius 1 is 1.15 bits per heavy atom. The lowest BCUT2D eigenvalue weighted by Gasteiger charge is -2.25. The number of amides is 1. The first-order valence-corrected chi connectivity index (χ1v) is 8.89. The molecule has 0 unspecified atom stereocenters. The maximum absolute atomic E-state index is 12.8. The average Bonchev–Trinajstić information content (AvgIpc) is 3.15. The predicted molar refractivity (Wildman–Crippen MR) is 103 cm³/mol. The van der Waals surface area contributed by atoms with E-state index in [2.05, 4.69) is 10.1 Å². The third-order valence-corrected chi connectivity index (χ3v) is 4.35. The normalized spacial score (nSPS) is 10.9. The molecular weight excluding hydrogens is 366 g/mol. The molecule has 140 valence electrons. The van der Waals surface area contributed by atoms with Crippen LogP contribution in [-0.2, 0) is 6.54 Å². The molecule has 0 fully saturated rings. The number of nitrogens with zero attached hydrogens (tertiary/aromatic N) is 3. The zero-order valence-electron chi connectivity index (χ0n) is 15.3. The molecule has 7 heteroatoms. The van der Waals surface area contributed by atoms with Crippen LogP contribution in [0.15, 0.2) is 53.1 Å². The van der Waals surface area contributed by atoms with Gasteiger partial charge in [0, 0.05) is 22.2 Å². The molecule has 0 aliphatic heterocycles. The van der Waals surface area contributed by atoms with Crippen LogP contribution in [0.25, 0.3) is 11.4 Å².